The van der Waals surface area contributed by atoms with Crippen LogP contribution in [0.3, 0.4) is 0 Å². The molecule has 1 fully saturated rings. The van der Waals surface area contributed by atoms with Crippen LogP contribution in [0.25, 0.3) is 0 Å². The Labute approximate surface area is 149 Å². The zero-order valence-corrected chi connectivity index (χ0v) is 15.6. The zero-order valence-electron chi connectivity index (χ0n) is 15.6. The van der Waals surface area contributed by atoms with Crippen LogP contribution in [-0.2, 0) is 9.59 Å². The molecule has 5 nitrogen and oxygen atoms in total. The molecule has 0 bridgehead atoms. The van der Waals surface area contributed by atoms with Gasteiger partial charge in [0, 0.05) is 11.1 Å². The van der Waals surface area contributed by atoms with Crippen LogP contribution in [0, 0.1) is 17.3 Å². The monoisotopic (exact) mass is 350 g/mol. The average molecular weight is 350 g/mol. The Morgan fingerprint density at radius 1 is 1.24 bits per heavy atom. The summed E-state index contributed by atoms with van der Waals surface area (Å²) in [6.45, 7) is 7.74. The number of aliphatic hydroxyl groups is 1. The number of carboxylic acid groups (broad SMARTS) is 2. The molecular weight excluding hydrogens is 320 g/mol. The molecule has 140 valence electrons. The van der Waals surface area contributed by atoms with Gasteiger partial charge in [-0.2, -0.15) is 0 Å². The van der Waals surface area contributed by atoms with E-state index in [4.69, 9.17) is 10.2 Å². The van der Waals surface area contributed by atoms with Crippen molar-refractivity contribution >= 4 is 11.9 Å². The van der Waals surface area contributed by atoms with Crippen molar-refractivity contribution in [2.24, 2.45) is 17.3 Å². The highest BCUT2D eigenvalue weighted by atomic mass is 16.4. The second-order valence-corrected chi connectivity index (χ2v) is 7.43. The summed E-state index contributed by atoms with van der Waals surface area (Å²) in [7, 11) is 0. The Balaban J connectivity index is 3.14. The van der Waals surface area contributed by atoms with Crippen molar-refractivity contribution in [3.8, 4) is 0 Å². The molecule has 1 rings (SSSR count). The third kappa shape index (κ3) is 5.56. The molecule has 0 aromatic rings. The first-order chi connectivity index (χ1) is 11.6. The minimum Gasteiger partial charge on any atom is -0.478 e. The highest BCUT2D eigenvalue weighted by molar-refractivity contribution is 5.87. The van der Waals surface area contributed by atoms with Crippen molar-refractivity contribution in [1.29, 1.82) is 0 Å². The van der Waals surface area contributed by atoms with E-state index in [1.165, 1.54) is 11.6 Å². The number of aliphatic hydroxyl groups excluding tert-OH is 1. The molecule has 0 aromatic heterocycles. The molecule has 1 aliphatic carbocycles. The van der Waals surface area contributed by atoms with E-state index in [-0.39, 0.29) is 24.0 Å². The van der Waals surface area contributed by atoms with E-state index in [1.807, 2.05) is 6.08 Å². The van der Waals surface area contributed by atoms with Gasteiger partial charge >= 0.3 is 11.9 Å². The summed E-state index contributed by atoms with van der Waals surface area (Å²) in [5.74, 6) is -1.12. The average Bonchev–Trinajstić information content (AvgIpc) is 2.86. The molecule has 5 heteroatoms. The van der Waals surface area contributed by atoms with Gasteiger partial charge in [0.25, 0.3) is 0 Å². The topological polar surface area (TPSA) is 94.8 Å². The van der Waals surface area contributed by atoms with E-state index >= 15 is 0 Å². The number of aliphatic carboxylic acids is 2. The smallest absolute Gasteiger partial charge is 0.331 e. The highest BCUT2D eigenvalue weighted by Crippen LogP contribution is 2.51. The van der Waals surface area contributed by atoms with Crippen molar-refractivity contribution in [2.45, 2.75) is 53.4 Å². The lowest BCUT2D eigenvalue weighted by atomic mass is 9.76. The number of rotatable bonds is 8. The maximum absolute atomic E-state index is 11.3. The van der Waals surface area contributed by atoms with Gasteiger partial charge in [0.2, 0.25) is 0 Å². The minimum absolute atomic E-state index is 0.158. The van der Waals surface area contributed by atoms with Crippen LogP contribution in [0.4, 0.5) is 0 Å². The number of hydrogen-bond donors (Lipinski definition) is 3. The molecule has 2 atom stereocenters. The quantitative estimate of drug-likeness (QED) is 0.457. The summed E-state index contributed by atoms with van der Waals surface area (Å²) in [6, 6.07) is 0. The van der Waals surface area contributed by atoms with Gasteiger partial charge in [-0.25, -0.2) is 9.59 Å². The summed E-state index contributed by atoms with van der Waals surface area (Å²) in [5, 5.41) is 27.3. The van der Waals surface area contributed by atoms with Gasteiger partial charge in [-0.3, -0.25) is 0 Å². The molecular formula is C20H30O5. The third-order valence-corrected chi connectivity index (χ3v) is 5.26. The number of hydrogen-bond acceptors (Lipinski definition) is 3. The van der Waals surface area contributed by atoms with Crippen molar-refractivity contribution in [3.63, 3.8) is 0 Å². The van der Waals surface area contributed by atoms with Crippen LogP contribution in [0.1, 0.15) is 53.4 Å². The third-order valence-electron chi connectivity index (χ3n) is 5.26. The van der Waals surface area contributed by atoms with Gasteiger partial charge in [-0.05, 0) is 55.9 Å². The summed E-state index contributed by atoms with van der Waals surface area (Å²) in [6.07, 6.45) is 7.95. The van der Waals surface area contributed by atoms with E-state index in [0.717, 1.165) is 12.8 Å². The molecule has 0 heterocycles. The Morgan fingerprint density at radius 3 is 2.36 bits per heavy atom. The SMILES string of the molecule is C/C(=C\C[C@@]1(C)CC[C@H](C(C)C)C1=CC/C(=C\CO)C(=O)O)C(=O)O. The first kappa shape index (κ1) is 21.2. The first-order valence-electron chi connectivity index (χ1n) is 8.76. The predicted octanol–water partition coefficient (Wildman–Crippen LogP) is 3.80. The Kier molecular flexibility index (Phi) is 7.61. The Bertz CT molecular complexity index is 597. The molecule has 1 saturated carbocycles. The molecule has 0 amide bonds. The molecule has 0 aromatic carbocycles. The fourth-order valence-corrected chi connectivity index (χ4v) is 3.59. The molecule has 0 saturated heterocycles. The standard InChI is InChI=1S/C20H30O5/c1-13(2)16-8-11-20(4,10-7-14(3)18(22)23)17(16)6-5-15(9-12-21)19(24)25/h6-7,9,13,16,21H,5,8,10-12H2,1-4H3,(H,22,23)(H,24,25)/b14-7+,15-9+,17-6?/t16-,20+/m1/s1. The van der Waals surface area contributed by atoms with Gasteiger partial charge in [0.15, 0.2) is 0 Å². The minimum atomic E-state index is -1.02. The lowest BCUT2D eigenvalue weighted by molar-refractivity contribution is -0.133. The normalized spacial score (nSPS) is 26.5. The van der Waals surface area contributed by atoms with Gasteiger partial charge < -0.3 is 15.3 Å². The van der Waals surface area contributed by atoms with Gasteiger partial charge in [0.1, 0.15) is 0 Å². The molecule has 3 N–H and O–H groups in total. The van der Waals surface area contributed by atoms with Crippen molar-refractivity contribution in [3.05, 3.63) is 34.9 Å². The largest absolute Gasteiger partial charge is 0.478 e. The van der Waals surface area contributed by atoms with Crippen molar-refractivity contribution in [2.75, 3.05) is 6.61 Å². The van der Waals surface area contributed by atoms with E-state index in [1.54, 1.807) is 13.0 Å². The van der Waals surface area contributed by atoms with Crippen LogP contribution >= 0.6 is 0 Å². The van der Waals surface area contributed by atoms with Gasteiger partial charge in [-0.15, -0.1) is 0 Å². The van der Waals surface area contributed by atoms with Crippen LogP contribution in [0.5, 0.6) is 0 Å². The fraction of sp³-hybridized carbons (Fsp3) is 0.600. The van der Waals surface area contributed by atoms with Crippen molar-refractivity contribution in [1.82, 2.24) is 0 Å². The number of allylic oxidation sites excluding steroid dienone is 3. The fourth-order valence-electron chi connectivity index (χ4n) is 3.59. The number of carbonyl (C=O) groups is 2. The molecule has 25 heavy (non-hydrogen) atoms. The summed E-state index contributed by atoms with van der Waals surface area (Å²) >= 11 is 0. The summed E-state index contributed by atoms with van der Waals surface area (Å²) in [4.78, 5) is 22.3. The zero-order chi connectivity index (χ0) is 19.2. The second-order valence-electron chi connectivity index (χ2n) is 7.43. The van der Waals surface area contributed by atoms with Gasteiger partial charge in [0.05, 0.1) is 6.61 Å². The van der Waals surface area contributed by atoms with E-state index in [2.05, 4.69) is 20.8 Å². The van der Waals surface area contributed by atoms with Crippen LogP contribution < -0.4 is 0 Å². The van der Waals surface area contributed by atoms with Crippen LogP contribution in [0.2, 0.25) is 0 Å². The number of carboxylic acids is 2. The van der Waals surface area contributed by atoms with Crippen LogP contribution in [-0.4, -0.2) is 33.9 Å². The molecule has 1 aliphatic rings. The highest BCUT2D eigenvalue weighted by Gasteiger charge is 2.40. The summed E-state index contributed by atoms with van der Waals surface area (Å²) < 4.78 is 0. The summed E-state index contributed by atoms with van der Waals surface area (Å²) in [5.41, 5.74) is 1.57. The van der Waals surface area contributed by atoms with E-state index in [0.29, 0.717) is 23.8 Å². The molecule has 0 radical (unpaired) electrons. The molecule has 0 spiro atoms. The molecule has 0 aliphatic heterocycles. The van der Waals surface area contributed by atoms with Gasteiger partial charge in [-0.1, -0.05) is 38.5 Å². The second kappa shape index (κ2) is 8.99. The van der Waals surface area contributed by atoms with E-state index < -0.39 is 11.9 Å². The first-order valence-corrected chi connectivity index (χ1v) is 8.76. The van der Waals surface area contributed by atoms with Crippen molar-refractivity contribution < 1.29 is 24.9 Å². The maximum atomic E-state index is 11.3. The van der Waals surface area contributed by atoms with Crippen LogP contribution in [0.15, 0.2) is 34.9 Å². The predicted molar refractivity (Wildman–Crippen MR) is 97.2 cm³/mol. The lowest BCUT2D eigenvalue weighted by Gasteiger charge is -2.29. The Hall–Kier alpha value is -1.88. The maximum Gasteiger partial charge on any atom is 0.331 e. The Morgan fingerprint density at radius 2 is 1.88 bits per heavy atom. The molecule has 0 unspecified atom stereocenters. The van der Waals surface area contributed by atoms with E-state index in [9.17, 15) is 14.7 Å². The lowest BCUT2D eigenvalue weighted by Crippen LogP contribution is -2.18.